The van der Waals surface area contributed by atoms with E-state index in [4.69, 9.17) is 0 Å². The van der Waals surface area contributed by atoms with Crippen molar-refractivity contribution in [3.63, 3.8) is 0 Å². The SMILES string of the molecule is CN(Cc1ccccc1)C(=O)N(C)C1CCS(=O)(=O)C1. The molecule has 0 radical (unpaired) electrons. The van der Waals surface area contributed by atoms with Crippen LogP contribution in [-0.2, 0) is 16.4 Å². The second-order valence-corrected chi connectivity index (χ2v) is 7.52. The minimum Gasteiger partial charge on any atom is -0.324 e. The molecule has 0 spiro atoms. The molecule has 0 bridgehead atoms. The molecule has 1 atom stereocenters. The third-order valence-electron chi connectivity index (χ3n) is 3.65. The average Bonchev–Trinajstić information content (AvgIpc) is 2.78. The Hall–Kier alpha value is -1.56. The van der Waals surface area contributed by atoms with Crippen molar-refractivity contribution >= 4 is 15.9 Å². The molecule has 1 unspecified atom stereocenters. The highest BCUT2D eigenvalue weighted by molar-refractivity contribution is 7.91. The van der Waals surface area contributed by atoms with Gasteiger partial charge in [-0.1, -0.05) is 30.3 Å². The number of urea groups is 1. The molecule has 1 aliphatic heterocycles. The van der Waals surface area contributed by atoms with Crippen molar-refractivity contribution in [1.82, 2.24) is 9.80 Å². The molecule has 0 N–H and O–H groups in total. The molecule has 0 saturated carbocycles. The van der Waals surface area contributed by atoms with Crippen LogP contribution < -0.4 is 0 Å². The Morgan fingerprint density at radius 2 is 1.90 bits per heavy atom. The summed E-state index contributed by atoms with van der Waals surface area (Å²) in [5.74, 6) is 0.256. The Morgan fingerprint density at radius 3 is 2.45 bits per heavy atom. The Labute approximate surface area is 120 Å². The smallest absolute Gasteiger partial charge is 0.320 e. The van der Waals surface area contributed by atoms with E-state index in [1.807, 2.05) is 30.3 Å². The van der Waals surface area contributed by atoms with E-state index >= 15 is 0 Å². The zero-order chi connectivity index (χ0) is 14.8. The molecular formula is C14H20N2O3S. The number of carbonyl (C=O) groups excluding carboxylic acids is 1. The van der Waals surface area contributed by atoms with Crippen molar-refractivity contribution in [1.29, 1.82) is 0 Å². The maximum Gasteiger partial charge on any atom is 0.320 e. The lowest BCUT2D eigenvalue weighted by Crippen LogP contribution is -2.44. The molecular weight excluding hydrogens is 276 g/mol. The van der Waals surface area contributed by atoms with Gasteiger partial charge in [-0.05, 0) is 12.0 Å². The molecule has 1 aliphatic rings. The van der Waals surface area contributed by atoms with Crippen molar-refractivity contribution in [2.24, 2.45) is 0 Å². The van der Waals surface area contributed by atoms with Crippen LogP contribution in [0.5, 0.6) is 0 Å². The molecule has 1 aromatic rings. The summed E-state index contributed by atoms with van der Waals surface area (Å²) in [4.78, 5) is 15.5. The summed E-state index contributed by atoms with van der Waals surface area (Å²) in [7, 11) is 0.436. The minimum atomic E-state index is -2.97. The fraction of sp³-hybridized carbons (Fsp3) is 0.500. The number of sulfone groups is 1. The van der Waals surface area contributed by atoms with Crippen LogP contribution in [0.25, 0.3) is 0 Å². The fourth-order valence-electron chi connectivity index (χ4n) is 2.43. The van der Waals surface area contributed by atoms with Gasteiger partial charge in [0.1, 0.15) is 0 Å². The number of hydrogen-bond donors (Lipinski definition) is 0. The Balaban J connectivity index is 1.97. The van der Waals surface area contributed by atoms with Gasteiger partial charge in [0.05, 0.1) is 11.5 Å². The molecule has 5 nitrogen and oxygen atoms in total. The number of carbonyl (C=O) groups is 1. The maximum atomic E-state index is 12.3. The van der Waals surface area contributed by atoms with Crippen LogP contribution in [-0.4, -0.2) is 55.9 Å². The van der Waals surface area contributed by atoms with E-state index in [0.29, 0.717) is 13.0 Å². The van der Waals surface area contributed by atoms with E-state index in [1.165, 1.54) is 0 Å². The summed E-state index contributed by atoms with van der Waals surface area (Å²) in [5.41, 5.74) is 1.05. The van der Waals surface area contributed by atoms with Gasteiger partial charge in [0, 0.05) is 26.7 Å². The number of benzene rings is 1. The van der Waals surface area contributed by atoms with Gasteiger partial charge in [0.15, 0.2) is 9.84 Å². The zero-order valence-corrected chi connectivity index (χ0v) is 12.6. The van der Waals surface area contributed by atoms with Crippen LogP contribution in [0.2, 0.25) is 0 Å². The molecule has 6 heteroatoms. The summed E-state index contributed by atoms with van der Waals surface area (Å²) in [6.45, 7) is 0.517. The third kappa shape index (κ3) is 3.50. The van der Waals surface area contributed by atoms with Gasteiger partial charge >= 0.3 is 6.03 Å². The number of hydrogen-bond acceptors (Lipinski definition) is 3. The standard InChI is InChI=1S/C14H20N2O3S/c1-15(10-12-6-4-3-5-7-12)14(17)16(2)13-8-9-20(18,19)11-13/h3-7,13H,8-11H2,1-2H3. The molecule has 1 aromatic carbocycles. The predicted molar refractivity (Wildman–Crippen MR) is 78.1 cm³/mol. The first kappa shape index (κ1) is 14.8. The first-order chi connectivity index (χ1) is 9.39. The van der Waals surface area contributed by atoms with Crippen molar-refractivity contribution in [2.45, 2.75) is 19.0 Å². The third-order valence-corrected chi connectivity index (χ3v) is 5.40. The quantitative estimate of drug-likeness (QED) is 0.846. The summed E-state index contributed by atoms with van der Waals surface area (Å²) in [6, 6.07) is 9.37. The number of nitrogens with zero attached hydrogens (tertiary/aromatic N) is 2. The van der Waals surface area contributed by atoms with Crippen LogP contribution in [0.4, 0.5) is 4.79 Å². The van der Waals surface area contributed by atoms with Gasteiger partial charge < -0.3 is 9.80 Å². The van der Waals surface area contributed by atoms with Gasteiger partial charge in [0.25, 0.3) is 0 Å². The largest absolute Gasteiger partial charge is 0.324 e. The first-order valence-electron chi connectivity index (χ1n) is 6.61. The monoisotopic (exact) mass is 296 g/mol. The van der Waals surface area contributed by atoms with Crippen molar-refractivity contribution in [3.05, 3.63) is 35.9 Å². The molecule has 1 saturated heterocycles. The summed E-state index contributed by atoms with van der Waals surface area (Å²) in [5, 5.41) is 0. The van der Waals surface area contributed by atoms with Gasteiger partial charge in [-0.25, -0.2) is 13.2 Å². The summed E-state index contributed by atoms with van der Waals surface area (Å²) >= 11 is 0. The molecule has 0 aromatic heterocycles. The van der Waals surface area contributed by atoms with E-state index in [1.54, 1.807) is 23.9 Å². The normalized spacial score (nSPS) is 20.6. The second kappa shape index (κ2) is 5.83. The molecule has 110 valence electrons. The van der Waals surface area contributed by atoms with Gasteiger partial charge in [-0.15, -0.1) is 0 Å². The first-order valence-corrected chi connectivity index (χ1v) is 8.43. The Morgan fingerprint density at radius 1 is 1.25 bits per heavy atom. The van der Waals surface area contributed by atoms with E-state index < -0.39 is 9.84 Å². The highest BCUT2D eigenvalue weighted by atomic mass is 32.2. The fourth-order valence-corrected chi connectivity index (χ4v) is 4.21. The highest BCUT2D eigenvalue weighted by Gasteiger charge is 2.33. The lowest BCUT2D eigenvalue weighted by atomic mass is 10.2. The lowest BCUT2D eigenvalue weighted by Gasteiger charge is -2.29. The van der Waals surface area contributed by atoms with Crippen LogP contribution >= 0.6 is 0 Å². The molecule has 20 heavy (non-hydrogen) atoms. The van der Waals surface area contributed by atoms with E-state index in [0.717, 1.165) is 5.56 Å². The summed E-state index contributed by atoms with van der Waals surface area (Å²) in [6.07, 6.45) is 0.531. The van der Waals surface area contributed by atoms with Gasteiger partial charge in [0.2, 0.25) is 0 Å². The van der Waals surface area contributed by atoms with Crippen molar-refractivity contribution < 1.29 is 13.2 Å². The van der Waals surface area contributed by atoms with Crippen LogP contribution in [0.3, 0.4) is 0 Å². The average molecular weight is 296 g/mol. The Kier molecular flexibility index (Phi) is 4.32. The van der Waals surface area contributed by atoms with Crippen LogP contribution in [0.15, 0.2) is 30.3 Å². The van der Waals surface area contributed by atoms with E-state index in [9.17, 15) is 13.2 Å². The molecule has 0 aliphatic carbocycles. The predicted octanol–water partition coefficient (Wildman–Crippen LogP) is 1.36. The van der Waals surface area contributed by atoms with Crippen LogP contribution in [0, 0.1) is 0 Å². The maximum absolute atomic E-state index is 12.3. The van der Waals surface area contributed by atoms with Gasteiger partial charge in [-0.2, -0.15) is 0 Å². The minimum absolute atomic E-state index is 0.0778. The number of amides is 2. The topological polar surface area (TPSA) is 57.7 Å². The van der Waals surface area contributed by atoms with E-state index in [-0.39, 0.29) is 23.6 Å². The molecule has 1 heterocycles. The zero-order valence-electron chi connectivity index (χ0n) is 11.8. The lowest BCUT2D eigenvalue weighted by molar-refractivity contribution is 0.158. The van der Waals surface area contributed by atoms with Gasteiger partial charge in [-0.3, -0.25) is 0 Å². The van der Waals surface area contributed by atoms with Crippen molar-refractivity contribution in [3.8, 4) is 0 Å². The van der Waals surface area contributed by atoms with Crippen molar-refractivity contribution in [2.75, 3.05) is 25.6 Å². The summed E-state index contributed by atoms with van der Waals surface area (Å²) < 4.78 is 23.0. The molecule has 1 fully saturated rings. The number of rotatable bonds is 3. The highest BCUT2D eigenvalue weighted by Crippen LogP contribution is 2.18. The molecule has 2 rings (SSSR count). The Bertz CT molecular complexity index is 571. The molecule has 2 amide bonds. The van der Waals surface area contributed by atoms with E-state index in [2.05, 4.69) is 0 Å². The second-order valence-electron chi connectivity index (χ2n) is 5.29. The van der Waals surface area contributed by atoms with Crippen LogP contribution in [0.1, 0.15) is 12.0 Å².